The van der Waals surface area contributed by atoms with Gasteiger partial charge in [0.05, 0.1) is 6.61 Å². The van der Waals surface area contributed by atoms with Crippen molar-refractivity contribution in [1.82, 2.24) is 0 Å². The Bertz CT molecular complexity index is 543. The molecule has 1 aliphatic rings. The van der Waals surface area contributed by atoms with E-state index in [0.29, 0.717) is 0 Å². The fourth-order valence-electron chi connectivity index (χ4n) is 2.73. The molecule has 0 atom stereocenters. The van der Waals surface area contributed by atoms with Gasteiger partial charge < -0.3 is 5.11 Å². The summed E-state index contributed by atoms with van der Waals surface area (Å²) in [5.41, 5.74) is 6.56. The minimum atomic E-state index is 0.114. The van der Waals surface area contributed by atoms with Crippen LogP contribution < -0.4 is 0 Å². The standard InChI is InChI=1S/C16H16O/c17-11-12-4-1-7-14(10-12)16-9-3-6-13-5-2-8-15(13)16/h1,3-4,6-7,9-10,17H,2,5,8,11H2. The number of aliphatic hydroxyl groups excluding tert-OH is 1. The summed E-state index contributed by atoms with van der Waals surface area (Å²) in [5, 5.41) is 9.20. The summed E-state index contributed by atoms with van der Waals surface area (Å²) in [5.74, 6) is 0. The van der Waals surface area contributed by atoms with Crippen LogP contribution in [0.5, 0.6) is 0 Å². The minimum absolute atomic E-state index is 0.114. The van der Waals surface area contributed by atoms with Gasteiger partial charge in [-0.15, -0.1) is 0 Å². The van der Waals surface area contributed by atoms with Crippen molar-refractivity contribution in [2.24, 2.45) is 0 Å². The Morgan fingerprint density at radius 3 is 2.76 bits per heavy atom. The first-order chi connectivity index (χ1) is 8.38. The molecule has 1 aliphatic carbocycles. The lowest BCUT2D eigenvalue weighted by molar-refractivity contribution is 0.282. The zero-order chi connectivity index (χ0) is 11.7. The Morgan fingerprint density at radius 2 is 1.88 bits per heavy atom. The zero-order valence-corrected chi connectivity index (χ0v) is 9.82. The average molecular weight is 224 g/mol. The van der Waals surface area contributed by atoms with Gasteiger partial charge in [-0.25, -0.2) is 0 Å². The molecule has 0 aromatic heterocycles. The van der Waals surface area contributed by atoms with E-state index < -0.39 is 0 Å². The van der Waals surface area contributed by atoms with Gasteiger partial charge in [0.15, 0.2) is 0 Å². The highest BCUT2D eigenvalue weighted by atomic mass is 16.3. The molecule has 1 heteroatoms. The predicted octanol–water partition coefficient (Wildman–Crippen LogP) is 3.33. The number of aliphatic hydroxyl groups is 1. The maximum Gasteiger partial charge on any atom is 0.0682 e. The molecule has 0 saturated carbocycles. The quantitative estimate of drug-likeness (QED) is 0.829. The molecular formula is C16H16O. The molecule has 2 aromatic carbocycles. The van der Waals surface area contributed by atoms with Crippen LogP contribution in [0.25, 0.3) is 11.1 Å². The van der Waals surface area contributed by atoms with Crippen molar-refractivity contribution in [3.05, 3.63) is 59.2 Å². The van der Waals surface area contributed by atoms with E-state index in [1.54, 1.807) is 0 Å². The summed E-state index contributed by atoms with van der Waals surface area (Å²) in [6.07, 6.45) is 3.67. The molecule has 1 N–H and O–H groups in total. The van der Waals surface area contributed by atoms with Crippen molar-refractivity contribution in [2.75, 3.05) is 0 Å². The Morgan fingerprint density at radius 1 is 1.00 bits per heavy atom. The lowest BCUT2D eigenvalue weighted by Gasteiger charge is -2.09. The predicted molar refractivity (Wildman–Crippen MR) is 69.8 cm³/mol. The van der Waals surface area contributed by atoms with Crippen LogP contribution in [0.2, 0.25) is 0 Å². The topological polar surface area (TPSA) is 20.2 Å². The molecule has 0 saturated heterocycles. The van der Waals surface area contributed by atoms with Crippen molar-refractivity contribution in [3.63, 3.8) is 0 Å². The number of benzene rings is 2. The van der Waals surface area contributed by atoms with Gasteiger partial charge in [-0.2, -0.15) is 0 Å². The van der Waals surface area contributed by atoms with Crippen LogP contribution in [0.15, 0.2) is 42.5 Å². The summed E-state index contributed by atoms with van der Waals surface area (Å²) in [6, 6.07) is 14.8. The highest BCUT2D eigenvalue weighted by Crippen LogP contribution is 2.32. The van der Waals surface area contributed by atoms with Gasteiger partial charge in [0.25, 0.3) is 0 Å². The smallest absolute Gasteiger partial charge is 0.0682 e. The Hall–Kier alpha value is -1.60. The zero-order valence-electron chi connectivity index (χ0n) is 9.82. The molecule has 0 bridgehead atoms. The molecule has 86 valence electrons. The van der Waals surface area contributed by atoms with E-state index in [-0.39, 0.29) is 6.61 Å². The molecule has 0 amide bonds. The largest absolute Gasteiger partial charge is 0.392 e. The van der Waals surface area contributed by atoms with E-state index in [4.69, 9.17) is 0 Å². The first-order valence-corrected chi connectivity index (χ1v) is 6.19. The summed E-state index contributed by atoms with van der Waals surface area (Å²) in [6.45, 7) is 0.114. The molecule has 2 aromatic rings. The second-order valence-electron chi connectivity index (χ2n) is 4.66. The summed E-state index contributed by atoms with van der Waals surface area (Å²) in [7, 11) is 0. The fraction of sp³-hybridized carbons (Fsp3) is 0.250. The Balaban J connectivity index is 2.12. The van der Waals surface area contributed by atoms with Crippen LogP contribution in [-0.4, -0.2) is 5.11 Å². The summed E-state index contributed by atoms with van der Waals surface area (Å²) < 4.78 is 0. The lowest BCUT2D eigenvalue weighted by atomic mass is 9.96. The van der Waals surface area contributed by atoms with Gasteiger partial charge in [0.1, 0.15) is 0 Å². The van der Waals surface area contributed by atoms with Gasteiger partial charge in [0.2, 0.25) is 0 Å². The van der Waals surface area contributed by atoms with Crippen LogP contribution in [0.4, 0.5) is 0 Å². The molecule has 0 heterocycles. The van der Waals surface area contributed by atoms with Gasteiger partial charge in [-0.1, -0.05) is 36.4 Å². The molecular weight excluding hydrogens is 208 g/mol. The second kappa shape index (κ2) is 4.34. The van der Waals surface area contributed by atoms with Crippen LogP contribution in [0.3, 0.4) is 0 Å². The van der Waals surface area contributed by atoms with Crippen LogP contribution in [-0.2, 0) is 19.4 Å². The van der Waals surface area contributed by atoms with Crippen LogP contribution in [0, 0.1) is 0 Å². The van der Waals surface area contributed by atoms with Crippen LogP contribution >= 0.6 is 0 Å². The maximum absolute atomic E-state index is 9.20. The first kappa shape index (κ1) is 10.5. The number of aryl methyl sites for hydroxylation is 1. The molecule has 0 radical (unpaired) electrons. The first-order valence-electron chi connectivity index (χ1n) is 6.19. The monoisotopic (exact) mass is 224 g/mol. The summed E-state index contributed by atoms with van der Waals surface area (Å²) >= 11 is 0. The van der Waals surface area contributed by atoms with Gasteiger partial charge >= 0.3 is 0 Å². The molecule has 0 aliphatic heterocycles. The molecule has 17 heavy (non-hydrogen) atoms. The van der Waals surface area contributed by atoms with Crippen molar-refractivity contribution in [3.8, 4) is 11.1 Å². The van der Waals surface area contributed by atoms with Gasteiger partial charge in [0, 0.05) is 0 Å². The van der Waals surface area contributed by atoms with Gasteiger partial charge in [-0.05, 0) is 53.1 Å². The number of hydrogen-bond acceptors (Lipinski definition) is 1. The third-order valence-electron chi connectivity index (χ3n) is 3.57. The molecule has 1 nitrogen and oxygen atoms in total. The average Bonchev–Trinajstić information content (AvgIpc) is 2.87. The van der Waals surface area contributed by atoms with Crippen molar-refractivity contribution in [1.29, 1.82) is 0 Å². The lowest BCUT2D eigenvalue weighted by Crippen LogP contribution is -1.90. The van der Waals surface area contributed by atoms with E-state index in [1.165, 1.54) is 41.5 Å². The maximum atomic E-state index is 9.20. The minimum Gasteiger partial charge on any atom is -0.392 e. The number of rotatable bonds is 2. The number of hydrogen-bond donors (Lipinski definition) is 1. The van der Waals surface area contributed by atoms with E-state index in [1.807, 2.05) is 12.1 Å². The van der Waals surface area contributed by atoms with E-state index >= 15 is 0 Å². The third kappa shape index (κ3) is 1.87. The Kier molecular flexibility index (Phi) is 2.69. The Labute approximate surface area is 102 Å². The fourth-order valence-corrected chi connectivity index (χ4v) is 2.73. The normalized spacial score (nSPS) is 13.7. The molecule has 0 fully saturated rings. The molecule has 0 unspecified atom stereocenters. The summed E-state index contributed by atoms with van der Waals surface area (Å²) in [4.78, 5) is 0. The van der Waals surface area contributed by atoms with Crippen LogP contribution in [0.1, 0.15) is 23.1 Å². The second-order valence-corrected chi connectivity index (χ2v) is 4.66. The number of fused-ring (bicyclic) bond motifs is 1. The van der Waals surface area contributed by atoms with E-state index in [2.05, 4.69) is 30.3 Å². The van der Waals surface area contributed by atoms with Crippen molar-refractivity contribution < 1.29 is 5.11 Å². The SMILES string of the molecule is OCc1cccc(-c2cccc3c2CCC3)c1. The molecule has 0 spiro atoms. The van der Waals surface area contributed by atoms with E-state index in [9.17, 15) is 5.11 Å². The highest BCUT2D eigenvalue weighted by Gasteiger charge is 2.15. The highest BCUT2D eigenvalue weighted by molar-refractivity contribution is 5.70. The van der Waals surface area contributed by atoms with Gasteiger partial charge in [-0.3, -0.25) is 0 Å². The molecule has 3 rings (SSSR count). The van der Waals surface area contributed by atoms with Crippen molar-refractivity contribution in [2.45, 2.75) is 25.9 Å². The van der Waals surface area contributed by atoms with E-state index in [0.717, 1.165) is 5.56 Å². The van der Waals surface area contributed by atoms with Crippen molar-refractivity contribution >= 4 is 0 Å². The third-order valence-corrected chi connectivity index (χ3v) is 3.57.